The summed E-state index contributed by atoms with van der Waals surface area (Å²) >= 11 is 0. The highest BCUT2D eigenvalue weighted by Gasteiger charge is 2.20. The summed E-state index contributed by atoms with van der Waals surface area (Å²) in [4.78, 5) is 20.2. The van der Waals surface area contributed by atoms with Gasteiger partial charge in [0.05, 0.1) is 23.4 Å². The Kier molecular flexibility index (Phi) is 6.36. The zero-order valence-electron chi connectivity index (χ0n) is 18.4. The zero-order valence-corrected chi connectivity index (χ0v) is 18.4. The standard InChI is InChI=1S/C23H25N7O3/c1-29-14-16(15-6-3-4-7-20(15)29)17-8-11-26-23(27-17)28-19-12-21(30(31)32)18(13-22(19)33-2)25-10-5-9-24/h3-4,6-8,11-14,25H,5,9-10,24H2,1-2H3,(H,26,27,28). The smallest absolute Gasteiger partial charge is 0.294 e. The lowest BCUT2D eigenvalue weighted by Gasteiger charge is -2.14. The van der Waals surface area contributed by atoms with Crippen molar-refractivity contribution in [1.82, 2.24) is 14.5 Å². The van der Waals surface area contributed by atoms with Crippen molar-refractivity contribution in [2.24, 2.45) is 12.8 Å². The van der Waals surface area contributed by atoms with Gasteiger partial charge in [-0.2, -0.15) is 0 Å². The van der Waals surface area contributed by atoms with Gasteiger partial charge in [0, 0.05) is 54.6 Å². The summed E-state index contributed by atoms with van der Waals surface area (Å²) in [7, 11) is 3.49. The Hall–Kier alpha value is -4.18. The first-order valence-corrected chi connectivity index (χ1v) is 10.5. The Morgan fingerprint density at radius 1 is 1.21 bits per heavy atom. The van der Waals surface area contributed by atoms with E-state index in [9.17, 15) is 10.1 Å². The van der Waals surface area contributed by atoms with Crippen LogP contribution >= 0.6 is 0 Å². The first-order chi connectivity index (χ1) is 16.0. The third-order valence-electron chi connectivity index (χ3n) is 5.29. The lowest BCUT2D eigenvalue weighted by Crippen LogP contribution is -2.10. The number of rotatable bonds is 9. The number of nitrogens with two attached hydrogens (primary N) is 1. The van der Waals surface area contributed by atoms with Gasteiger partial charge in [0.25, 0.3) is 5.69 Å². The van der Waals surface area contributed by atoms with Crippen LogP contribution in [0.25, 0.3) is 22.2 Å². The van der Waals surface area contributed by atoms with Gasteiger partial charge in [-0.15, -0.1) is 0 Å². The second kappa shape index (κ2) is 9.53. The Morgan fingerprint density at radius 3 is 2.79 bits per heavy atom. The van der Waals surface area contributed by atoms with Crippen LogP contribution in [0.4, 0.5) is 23.0 Å². The molecule has 0 atom stereocenters. The number of aryl methyl sites for hydroxylation is 1. The summed E-state index contributed by atoms with van der Waals surface area (Å²) in [5, 5.41) is 18.9. The molecule has 33 heavy (non-hydrogen) atoms. The number of hydrogen-bond donors (Lipinski definition) is 3. The number of para-hydroxylation sites is 1. The number of nitro groups is 1. The molecule has 0 aliphatic rings. The van der Waals surface area contributed by atoms with E-state index >= 15 is 0 Å². The fourth-order valence-electron chi connectivity index (χ4n) is 3.69. The fraction of sp³-hybridized carbons (Fsp3) is 0.217. The van der Waals surface area contributed by atoms with Gasteiger partial charge in [0.15, 0.2) is 0 Å². The average Bonchev–Trinajstić information content (AvgIpc) is 3.16. The molecule has 0 amide bonds. The molecule has 170 valence electrons. The molecule has 0 saturated carbocycles. The van der Waals surface area contributed by atoms with E-state index in [0.717, 1.165) is 22.2 Å². The zero-order chi connectivity index (χ0) is 23.4. The topological polar surface area (TPSA) is 133 Å². The third kappa shape index (κ3) is 4.55. The van der Waals surface area contributed by atoms with Crippen LogP contribution in [0.15, 0.2) is 54.9 Å². The minimum Gasteiger partial charge on any atom is -0.494 e. The fourth-order valence-corrected chi connectivity index (χ4v) is 3.69. The Morgan fingerprint density at radius 2 is 2.03 bits per heavy atom. The van der Waals surface area contributed by atoms with E-state index in [1.54, 1.807) is 12.3 Å². The number of nitrogens with one attached hydrogen (secondary N) is 2. The predicted molar refractivity (Wildman–Crippen MR) is 129 cm³/mol. The molecule has 4 aromatic rings. The van der Waals surface area contributed by atoms with Crippen LogP contribution in [-0.4, -0.2) is 39.7 Å². The first-order valence-electron chi connectivity index (χ1n) is 10.5. The van der Waals surface area contributed by atoms with Crippen LogP contribution in [0, 0.1) is 10.1 Å². The molecular formula is C23H25N7O3. The van der Waals surface area contributed by atoms with Crippen LogP contribution in [0.3, 0.4) is 0 Å². The molecule has 0 saturated heterocycles. The molecule has 2 heterocycles. The second-order valence-electron chi connectivity index (χ2n) is 7.46. The minimum atomic E-state index is -0.442. The van der Waals surface area contributed by atoms with Gasteiger partial charge in [0.1, 0.15) is 11.4 Å². The van der Waals surface area contributed by atoms with E-state index < -0.39 is 4.92 Å². The van der Waals surface area contributed by atoms with Gasteiger partial charge in [-0.25, -0.2) is 9.97 Å². The molecule has 10 heteroatoms. The number of nitro benzene ring substituents is 1. The Balaban J connectivity index is 1.69. The van der Waals surface area contributed by atoms with Crippen molar-refractivity contribution < 1.29 is 9.66 Å². The number of nitrogens with zero attached hydrogens (tertiary/aromatic N) is 4. The third-order valence-corrected chi connectivity index (χ3v) is 5.29. The first kappa shape index (κ1) is 22.0. The van der Waals surface area contributed by atoms with Crippen LogP contribution in [0.1, 0.15) is 6.42 Å². The molecule has 0 radical (unpaired) electrons. The number of anilines is 3. The van der Waals surface area contributed by atoms with Crippen LogP contribution in [0.2, 0.25) is 0 Å². The molecule has 0 aliphatic heterocycles. The molecule has 0 aliphatic carbocycles. The van der Waals surface area contributed by atoms with Crippen molar-refractivity contribution >= 4 is 33.9 Å². The molecular weight excluding hydrogens is 422 g/mol. The van der Waals surface area contributed by atoms with Crippen molar-refractivity contribution in [3.8, 4) is 17.0 Å². The number of hydrogen-bond acceptors (Lipinski definition) is 8. The number of methoxy groups -OCH3 is 1. The van der Waals surface area contributed by atoms with Crippen molar-refractivity contribution in [1.29, 1.82) is 0 Å². The average molecular weight is 447 g/mol. The molecule has 0 fully saturated rings. The number of benzene rings is 2. The molecule has 2 aromatic carbocycles. The SMILES string of the molecule is COc1cc(NCCCN)c([N+](=O)[O-])cc1Nc1nccc(-c2cn(C)c3ccccc23)n1. The summed E-state index contributed by atoms with van der Waals surface area (Å²) in [5.74, 6) is 0.729. The van der Waals surface area contributed by atoms with E-state index in [1.807, 2.05) is 48.1 Å². The van der Waals surface area contributed by atoms with Crippen molar-refractivity contribution in [2.45, 2.75) is 6.42 Å². The molecule has 0 bridgehead atoms. The highest BCUT2D eigenvalue weighted by molar-refractivity contribution is 5.95. The lowest BCUT2D eigenvalue weighted by atomic mass is 10.1. The largest absolute Gasteiger partial charge is 0.494 e. The van der Waals surface area contributed by atoms with E-state index in [1.165, 1.54) is 13.2 Å². The van der Waals surface area contributed by atoms with Gasteiger partial charge >= 0.3 is 0 Å². The van der Waals surface area contributed by atoms with Crippen molar-refractivity contribution in [2.75, 3.05) is 30.8 Å². The van der Waals surface area contributed by atoms with Crippen LogP contribution < -0.4 is 21.1 Å². The lowest BCUT2D eigenvalue weighted by molar-refractivity contribution is -0.383. The minimum absolute atomic E-state index is 0.0828. The normalized spacial score (nSPS) is 10.9. The van der Waals surface area contributed by atoms with Gasteiger partial charge in [-0.05, 0) is 25.1 Å². The van der Waals surface area contributed by atoms with Gasteiger partial charge < -0.3 is 25.7 Å². The second-order valence-corrected chi connectivity index (χ2v) is 7.46. The van der Waals surface area contributed by atoms with E-state index in [0.29, 0.717) is 42.6 Å². The quantitative estimate of drug-likeness (QED) is 0.199. The highest BCUT2D eigenvalue weighted by atomic mass is 16.6. The Labute approximate surface area is 190 Å². The van der Waals surface area contributed by atoms with Crippen molar-refractivity contribution in [3.63, 3.8) is 0 Å². The Bertz CT molecular complexity index is 1300. The van der Waals surface area contributed by atoms with Gasteiger partial charge in [-0.3, -0.25) is 10.1 Å². The maximum Gasteiger partial charge on any atom is 0.294 e. The maximum atomic E-state index is 11.7. The number of aromatic nitrogens is 3. The summed E-state index contributed by atoms with van der Waals surface area (Å²) in [5.41, 5.74) is 8.99. The molecule has 4 rings (SSSR count). The summed E-state index contributed by atoms with van der Waals surface area (Å²) < 4.78 is 7.51. The predicted octanol–water partition coefficient (Wildman–Crippen LogP) is 4.06. The van der Waals surface area contributed by atoms with E-state index in [4.69, 9.17) is 10.5 Å². The van der Waals surface area contributed by atoms with Crippen LogP contribution in [-0.2, 0) is 7.05 Å². The number of fused-ring (bicyclic) bond motifs is 1. The molecule has 4 N–H and O–H groups in total. The molecule has 10 nitrogen and oxygen atoms in total. The van der Waals surface area contributed by atoms with Gasteiger partial charge in [0.2, 0.25) is 5.95 Å². The maximum absolute atomic E-state index is 11.7. The van der Waals surface area contributed by atoms with Crippen molar-refractivity contribution in [3.05, 3.63) is 65.0 Å². The van der Waals surface area contributed by atoms with E-state index in [2.05, 4.69) is 20.6 Å². The highest BCUT2D eigenvalue weighted by Crippen LogP contribution is 2.37. The summed E-state index contributed by atoms with van der Waals surface area (Å²) in [6.45, 7) is 1.01. The molecule has 0 spiro atoms. The van der Waals surface area contributed by atoms with Crippen LogP contribution in [0.5, 0.6) is 5.75 Å². The van der Waals surface area contributed by atoms with Gasteiger partial charge in [-0.1, -0.05) is 18.2 Å². The summed E-state index contributed by atoms with van der Waals surface area (Å²) in [6, 6.07) is 12.9. The molecule has 0 unspecified atom stereocenters. The van der Waals surface area contributed by atoms with E-state index in [-0.39, 0.29) is 5.69 Å². The molecule has 2 aromatic heterocycles. The monoisotopic (exact) mass is 447 g/mol. The number of ether oxygens (including phenoxy) is 1. The summed E-state index contributed by atoms with van der Waals surface area (Å²) in [6.07, 6.45) is 4.36.